The number of aryl methyl sites for hydroxylation is 1. The van der Waals surface area contributed by atoms with Gasteiger partial charge in [0.2, 0.25) is 21.8 Å². The van der Waals surface area contributed by atoms with Gasteiger partial charge in [0.1, 0.15) is 12.6 Å². The molecule has 0 heterocycles. The molecule has 1 atom stereocenters. The van der Waals surface area contributed by atoms with Gasteiger partial charge in [0.25, 0.3) is 0 Å². The fourth-order valence-electron chi connectivity index (χ4n) is 4.16. The van der Waals surface area contributed by atoms with Crippen LogP contribution < -0.4 is 9.62 Å². The number of anilines is 1. The third-order valence-corrected chi connectivity index (χ3v) is 8.53. The van der Waals surface area contributed by atoms with Crippen molar-refractivity contribution >= 4 is 55.1 Å². The minimum absolute atomic E-state index is 0.107. The molecule has 2 amide bonds. The second-order valence-corrected chi connectivity index (χ2v) is 12.2. The van der Waals surface area contributed by atoms with Gasteiger partial charge in [-0.3, -0.25) is 13.9 Å². The summed E-state index contributed by atoms with van der Waals surface area (Å²) >= 11 is 9.43. The van der Waals surface area contributed by atoms with E-state index in [1.807, 2.05) is 6.92 Å². The van der Waals surface area contributed by atoms with Gasteiger partial charge in [0.05, 0.1) is 11.9 Å². The predicted molar refractivity (Wildman–Crippen MR) is 143 cm³/mol. The van der Waals surface area contributed by atoms with E-state index in [1.165, 1.54) is 4.90 Å². The normalized spacial score (nSPS) is 15.0. The summed E-state index contributed by atoms with van der Waals surface area (Å²) in [6, 6.07) is 11.4. The van der Waals surface area contributed by atoms with E-state index in [4.69, 9.17) is 11.6 Å². The van der Waals surface area contributed by atoms with Crippen LogP contribution in [0.2, 0.25) is 5.02 Å². The molecule has 1 N–H and O–H groups in total. The Morgan fingerprint density at radius 3 is 2.34 bits per heavy atom. The van der Waals surface area contributed by atoms with E-state index in [0.717, 1.165) is 51.8 Å². The molecule has 10 heteroatoms. The molecule has 35 heavy (non-hydrogen) atoms. The first-order valence-electron chi connectivity index (χ1n) is 11.5. The molecule has 0 aromatic heterocycles. The average Bonchev–Trinajstić information content (AvgIpc) is 3.30. The Bertz CT molecular complexity index is 1170. The van der Waals surface area contributed by atoms with Gasteiger partial charge in [-0.15, -0.1) is 0 Å². The number of hydrogen-bond donors (Lipinski definition) is 1. The van der Waals surface area contributed by atoms with Gasteiger partial charge in [-0.1, -0.05) is 52.5 Å². The van der Waals surface area contributed by atoms with Crippen LogP contribution in [0.5, 0.6) is 0 Å². The Balaban J connectivity index is 1.88. The van der Waals surface area contributed by atoms with Gasteiger partial charge in [0, 0.05) is 22.1 Å². The summed E-state index contributed by atoms with van der Waals surface area (Å²) in [6.07, 6.45) is 5.06. The van der Waals surface area contributed by atoms with E-state index in [0.29, 0.717) is 10.7 Å². The third-order valence-electron chi connectivity index (χ3n) is 6.24. The Kier molecular flexibility index (Phi) is 9.23. The lowest BCUT2D eigenvalue weighted by Gasteiger charge is -2.32. The summed E-state index contributed by atoms with van der Waals surface area (Å²) in [6.45, 7) is 3.24. The molecule has 0 saturated heterocycles. The summed E-state index contributed by atoms with van der Waals surface area (Å²) in [5.74, 6) is -0.718. The average molecular weight is 585 g/mol. The van der Waals surface area contributed by atoms with Crippen LogP contribution >= 0.6 is 27.5 Å². The minimum atomic E-state index is -3.77. The van der Waals surface area contributed by atoms with Crippen molar-refractivity contribution < 1.29 is 18.0 Å². The molecule has 1 aliphatic carbocycles. The molecule has 190 valence electrons. The number of halogens is 2. The van der Waals surface area contributed by atoms with Crippen LogP contribution in [-0.2, 0) is 26.2 Å². The topological polar surface area (TPSA) is 86.8 Å². The molecule has 3 rings (SSSR count). The molecular formula is C25H31BrClN3O4S. The largest absolute Gasteiger partial charge is 0.352 e. The fourth-order valence-corrected chi connectivity index (χ4v) is 5.37. The molecule has 0 spiro atoms. The SMILES string of the molecule is Cc1cc(N(CC(=O)N(Cc2ccc(Cl)cc2)[C@@H](C)C(=O)NC2CCCC2)S(C)(=O)=O)ccc1Br. The van der Waals surface area contributed by atoms with E-state index in [9.17, 15) is 18.0 Å². The number of amides is 2. The Hall–Kier alpha value is -2.10. The fraction of sp³-hybridized carbons (Fsp3) is 0.440. The number of nitrogens with zero attached hydrogens (tertiary/aromatic N) is 2. The number of sulfonamides is 1. The maximum atomic E-state index is 13.6. The lowest BCUT2D eigenvalue weighted by atomic mass is 10.1. The van der Waals surface area contributed by atoms with Crippen LogP contribution in [0.1, 0.15) is 43.7 Å². The molecule has 0 aliphatic heterocycles. The summed E-state index contributed by atoms with van der Waals surface area (Å²) in [7, 11) is -3.77. The molecule has 1 aliphatic rings. The first-order valence-corrected chi connectivity index (χ1v) is 14.6. The molecule has 7 nitrogen and oxygen atoms in total. The lowest BCUT2D eigenvalue weighted by molar-refractivity contribution is -0.139. The van der Waals surface area contributed by atoms with Crippen molar-refractivity contribution in [1.82, 2.24) is 10.2 Å². The molecule has 0 bridgehead atoms. The highest BCUT2D eigenvalue weighted by molar-refractivity contribution is 9.10. The number of carbonyl (C=O) groups is 2. The number of rotatable bonds is 9. The number of hydrogen-bond acceptors (Lipinski definition) is 4. The highest BCUT2D eigenvalue weighted by Gasteiger charge is 2.31. The van der Waals surface area contributed by atoms with E-state index in [2.05, 4.69) is 21.2 Å². The van der Waals surface area contributed by atoms with Crippen molar-refractivity contribution in [1.29, 1.82) is 0 Å². The lowest BCUT2D eigenvalue weighted by Crippen LogP contribution is -2.52. The van der Waals surface area contributed by atoms with Crippen LogP contribution in [0.25, 0.3) is 0 Å². The highest BCUT2D eigenvalue weighted by atomic mass is 79.9. The van der Waals surface area contributed by atoms with Crippen molar-refractivity contribution in [2.45, 2.75) is 58.2 Å². The first-order chi connectivity index (χ1) is 16.5. The first kappa shape index (κ1) is 27.5. The third kappa shape index (κ3) is 7.44. The predicted octanol–water partition coefficient (Wildman–Crippen LogP) is 4.65. The number of benzene rings is 2. The Labute approximate surface area is 221 Å². The van der Waals surface area contributed by atoms with Crippen molar-refractivity contribution in [2.24, 2.45) is 0 Å². The van der Waals surface area contributed by atoms with E-state index in [-0.39, 0.29) is 18.5 Å². The van der Waals surface area contributed by atoms with E-state index >= 15 is 0 Å². The zero-order valence-electron chi connectivity index (χ0n) is 20.1. The van der Waals surface area contributed by atoms with E-state index < -0.39 is 28.5 Å². The van der Waals surface area contributed by atoms with Crippen molar-refractivity contribution in [3.8, 4) is 0 Å². The maximum absolute atomic E-state index is 13.6. The molecule has 0 unspecified atom stereocenters. The van der Waals surface area contributed by atoms with Crippen molar-refractivity contribution in [2.75, 3.05) is 17.1 Å². The zero-order chi connectivity index (χ0) is 25.8. The smallest absolute Gasteiger partial charge is 0.244 e. The van der Waals surface area contributed by atoms with Gasteiger partial charge < -0.3 is 10.2 Å². The Morgan fingerprint density at radius 2 is 1.77 bits per heavy atom. The quantitative estimate of drug-likeness (QED) is 0.465. The van der Waals surface area contributed by atoms with Gasteiger partial charge in [-0.2, -0.15) is 0 Å². The van der Waals surface area contributed by atoms with Crippen LogP contribution in [0.15, 0.2) is 46.9 Å². The molecule has 0 radical (unpaired) electrons. The standard InChI is InChI=1S/C25H31BrClN3O4S/c1-17-14-22(12-13-23(17)26)30(35(3,33)34)16-24(31)29(15-19-8-10-20(27)11-9-19)18(2)25(32)28-21-6-4-5-7-21/h8-14,18,21H,4-7,15-16H2,1-3H3,(H,28,32)/t18-/m0/s1. The van der Waals surface area contributed by atoms with Crippen LogP contribution in [0, 0.1) is 6.92 Å². The van der Waals surface area contributed by atoms with Crippen LogP contribution in [0.3, 0.4) is 0 Å². The van der Waals surface area contributed by atoms with Gasteiger partial charge in [-0.05, 0) is 68.1 Å². The molecule has 1 saturated carbocycles. The Morgan fingerprint density at radius 1 is 1.14 bits per heavy atom. The highest BCUT2D eigenvalue weighted by Crippen LogP contribution is 2.25. The molecular weight excluding hydrogens is 554 g/mol. The molecule has 1 fully saturated rings. The van der Waals surface area contributed by atoms with Gasteiger partial charge in [0.15, 0.2) is 0 Å². The second-order valence-electron chi connectivity index (χ2n) is 9.02. The van der Waals surface area contributed by atoms with Gasteiger partial charge >= 0.3 is 0 Å². The summed E-state index contributed by atoms with van der Waals surface area (Å²) in [5, 5.41) is 3.61. The van der Waals surface area contributed by atoms with Gasteiger partial charge in [-0.25, -0.2) is 8.42 Å². The summed E-state index contributed by atoms with van der Waals surface area (Å²) in [4.78, 5) is 28.1. The maximum Gasteiger partial charge on any atom is 0.244 e. The monoisotopic (exact) mass is 583 g/mol. The zero-order valence-corrected chi connectivity index (χ0v) is 23.3. The van der Waals surface area contributed by atoms with Crippen molar-refractivity contribution in [3.05, 3.63) is 63.1 Å². The second kappa shape index (κ2) is 11.8. The van der Waals surface area contributed by atoms with E-state index in [1.54, 1.807) is 49.4 Å². The minimum Gasteiger partial charge on any atom is -0.352 e. The van der Waals surface area contributed by atoms with Crippen LogP contribution in [-0.4, -0.2) is 50.0 Å². The molecule has 2 aromatic carbocycles. The number of nitrogens with one attached hydrogen (secondary N) is 1. The van der Waals surface area contributed by atoms with Crippen LogP contribution in [0.4, 0.5) is 5.69 Å². The molecule has 2 aromatic rings. The van der Waals surface area contributed by atoms with Crippen molar-refractivity contribution in [3.63, 3.8) is 0 Å². The number of carbonyl (C=O) groups excluding carboxylic acids is 2. The summed E-state index contributed by atoms with van der Waals surface area (Å²) < 4.78 is 27.2. The summed E-state index contributed by atoms with van der Waals surface area (Å²) in [5.41, 5.74) is 2.01.